The molecule has 0 saturated carbocycles. The molecule has 4 heteroatoms. The molecule has 1 heterocycles. The maximum absolute atomic E-state index is 12.2. The number of rotatable bonds is 7. The van der Waals surface area contributed by atoms with E-state index in [0.29, 0.717) is 12.8 Å². The van der Waals surface area contributed by atoms with Gasteiger partial charge in [0.05, 0.1) is 6.54 Å². The maximum atomic E-state index is 12.2. The number of hydrogen-bond donors (Lipinski definition) is 1. The van der Waals surface area contributed by atoms with E-state index in [-0.39, 0.29) is 18.2 Å². The largest absolute Gasteiger partial charge is 0.367 e. The number of hydrogen-bond acceptors (Lipinski definition) is 3. The van der Waals surface area contributed by atoms with Crippen LogP contribution < -0.4 is 10.2 Å². The van der Waals surface area contributed by atoms with Crippen molar-refractivity contribution >= 4 is 17.4 Å². The van der Waals surface area contributed by atoms with Crippen molar-refractivity contribution in [1.82, 2.24) is 5.32 Å². The molecule has 2 aromatic carbocycles. The van der Waals surface area contributed by atoms with Crippen molar-refractivity contribution in [3.63, 3.8) is 0 Å². The highest BCUT2D eigenvalue weighted by atomic mass is 16.2. The lowest BCUT2D eigenvalue weighted by Crippen LogP contribution is -2.32. The molecule has 0 spiro atoms. The molecule has 0 radical (unpaired) electrons. The number of Topliss-reactive ketones (excluding diaryl/α,β-unsaturated/α-hetero) is 1. The summed E-state index contributed by atoms with van der Waals surface area (Å²) in [5.74, 6) is -0.0485. The number of ketones is 1. The fraction of sp³-hybridized carbons (Fsp3) is 0.333. The van der Waals surface area contributed by atoms with Crippen molar-refractivity contribution in [1.29, 1.82) is 0 Å². The van der Waals surface area contributed by atoms with Gasteiger partial charge in [0.15, 0.2) is 5.78 Å². The third-order valence-corrected chi connectivity index (χ3v) is 5.09. The summed E-state index contributed by atoms with van der Waals surface area (Å²) in [6.07, 6.45) is 3.74. The fourth-order valence-electron chi connectivity index (χ4n) is 3.32. The molecular formula is C24H28N2O2. The molecule has 0 bridgehead atoms. The number of nitrogens with zero attached hydrogens (tertiary/aromatic N) is 1. The third kappa shape index (κ3) is 5.81. The Hall–Kier alpha value is -2.88. The van der Waals surface area contributed by atoms with Crippen LogP contribution in [-0.2, 0) is 16.0 Å². The molecule has 1 N–H and O–H groups in total. The van der Waals surface area contributed by atoms with Gasteiger partial charge in [-0.15, -0.1) is 0 Å². The van der Waals surface area contributed by atoms with Crippen LogP contribution in [0.3, 0.4) is 0 Å². The smallest absolute Gasteiger partial charge is 0.224 e. The second-order valence-electron chi connectivity index (χ2n) is 7.55. The first kappa shape index (κ1) is 19.9. The van der Waals surface area contributed by atoms with Crippen LogP contribution in [-0.4, -0.2) is 31.3 Å². The number of carbonyl (C=O) groups excluding carboxylic acids is 2. The molecule has 28 heavy (non-hydrogen) atoms. The summed E-state index contributed by atoms with van der Waals surface area (Å²) in [6.45, 7) is 5.93. The molecule has 1 aliphatic rings. The van der Waals surface area contributed by atoms with E-state index in [4.69, 9.17) is 0 Å². The molecule has 1 aliphatic heterocycles. The van der Waals surface area contributed by atoms with E-state index in [2.05, 4.69) is 47.5 Å². The van der Waals surface area contributed by atoms with Gasteiger partial charge in [0.25, 0.3) is 0 Å². The van der Waals surface area contributed by atoms with Gasteiger partial charge in [0.2, 0.25) is 5.91 Å². The van der Waals surface area contributed by atoms with E-state index >= 15 is 0 Å². The van der Waals surface area contributed by atoms with Crippen molar-refractivity contribution in [2.45, 2.75) is 33.1 Å². The van der Waals surface area contributed by atoms with Crippen molar-refractivity contribution < 1.29 is 9.59 Å². The first-order valence-corrected chi connectivity index (χ1v) is 9.83. The normalized spacial score (nSPS) is 13.8. The van der Waals surface area contributed by atoms with Crippen molar-refractivity contribution in [3.05, 3.63) is 76.9 Å². The Morgan fingerprint density at radius 2 is 1.57 bits per heavy atom. The molecule has 146 valence electrons. The lowest BCUT2D eigenvalue weighted by molar-refractivity contribution is -0.124. The highest BCUT2D eigenvalue weighted by Gasteiger charge is 2.15. The molecule has 4 nitrogen and oxygen atoms in total. The van der Waals surface area contributed by atoms with E-state index in [1.165, 1.54) is 16.8 Å². The van der Waals surface area contributed by atoms with E-state index in [0.717, 1.165) is 30.6 Å². The summed E-state index contributed by atoms with van der Waals surface area (Å²) in [7, 11) is 0. The minimum Gasteiger partial charge on any atom is -0.367 e. The van der Waals surface area contributed by atoms with Gasteiger partial charge >= 0.3 is 0 Å². The van der Waals surface area contributed by atoms with Crippen LogP contribution in [0.2, 0.25) is 0 Å². The molecule has 0 saturated heterocycles. The van der Waals surface area contributed by atoms with E-state index in [1.54, 1.807) is 0 Å². The van der Waals surface area contributed by atoms with Crippen LogP contribution in [0.25, 0.3) is 0 Å². The van der Waals surface area contributed by atoms with Gasteiger partial charge in [-0.25, -0.2) is 0 Å². The Labute approximate surface area is 167 Å². The van der Waals surface area contributed by atoms with Crippen LogP contribution in [0.1, 0.15) is 29.5 Å². The first-order valence-electron chi connectivity index (χ1n) is 9.83. The second kappa shape index (κ2) is 9.36. The molecule has 2 aromatic rings. The molecule has 0 fully saturated rings. The summed E-state index contributed by atoms with van der Waals surface area (Å²) in [5.41, 5.74) is 5.77. The maximum Gasteiger partial charge on any atom is 0.224 e. The van der Waals surface area contributed by atoms with Gasteiger partial charge in [0, 0.05) is 31.6 Å². The standard InChI is InChI=1S/C24H28N2O2/c1-18-3-7-20(8-4-18)15-23(27)17-25-24(28)16-21-11-13-26(14-12-21)22-9-5-19(2)6-10-22/h3-11H,12-17H2,1-2H3,(H,25,28). The third-order valence-electron chi connectivity index (χ3n) is 5.09. The average Bonchev–Trinajstić information content (AvgIpc) is 2.69. The monoisotopic (exact) mass is 376 g/mol. The molecular weight excluding hydrogens is 348 g/mol. The number of aryl methyl sites for hydroxylation is 2. The van der Waals surface area contributed by atoms with Crippen LogP contribution in [0.4, 0.5) is 5.69 Å². The zero-order valence-corrected chi connectivity index (χ0v) is 16.7. The van der Waals surface area contributed by atoms with E-state index < -0.39 is 0 Å². The number of anilines is 1. The minimum absolute atomic E-state index is 0.0281. The highest BCUT2D eigenvalue weighted by Crippen LogP contribution is 2.21. The average molecular weight is 377 g/mol. The number of benzene rings is 2. The zero-order valence-electron chi connectivity index (χ0n) is 16.7. The number of amides is 1. The first-order chi connectivity index (χ1) is 13.5. The highest BCUT2D eigenvalue weighted by molar-refractivity contribution is 5.88. The van der Waals surface area contributed by atoms with Gasteiger partial charge in [-0.1, -0.05) is 59.2 Å². The lowest BCUT2D eigenvalue weighted by Gasteiger charge is -2.28. The van der Waals surface area contributed by atoms with Gasteiger partial charge in [-0.05, 0) is 38.0 Å². The molecule has 0 atom stereocenters. The topological polar surface area (TPSA) is 49.4 Å². The summed E-state index contributed by atoms with van der Waals surface area (Å²) < 4.78 is 0. The second-order valence-corrected chi connectivity index (χ2v) is 7.55. The summed E-state index contributed by atoms with van der Waals surface area (Å²) in [6, 6.07) is 16.4. The van der Waals surface area contributed by atoms with E-state index in [9.17, 15) is 9.59 Å². The number of nitrogens with one attached hydrogen (secondary N) is 1. The zero-order chi connectivity index (χ0) is 19.9. The van der Waals surface area contributed by atoms with Crippen molar-refractivity contribution in [3.8, 4) is 0 Å². The Bertz CT molecular complexity index is 851. The fourth-order valence-corrected chi connectivity index (χ4v) is 3.32. The summed E-state index contributed by atoms with van der Waals surface area (Å²) in [4.78, 5) is 26.6. The van der Waals surface area contributed by atoms with Crippen LogP contribution in [0, 0.1) is 13.8 Å². The summed E-state index contributed by atoms with van der Waals surface area (Å²) in [5, 5.41) is 2.77. The van der Waals surface area contributed by atoms with Crippen molar-refractivity contribution in [2.75, 3.05) is 24.5 Å². The number of carbonyl (C=O) groups is 2. The quantitative estimate of drug-likeness (QED) is 0.749. The molecule has 0 unspecified atom stereocenters. The molecule has 0 aromatic heterocycles. The van der Waals surface area contributed by atoms with Gasteiger partial charge in [-0.3, -0.25) is 9.59 Å². The Kier molecular flexibility index (Phi) is 6.64. The predicted molar refractivity (Wildman–Crippen MR) is 114 cm³/mol. The summed E-state index contributed by atoms with van der Waals surface area (Å²) >= 11 is 0. The van der Waals surface area contributed by atoms with Crippen LogP contribution >= 0.6 is 0 Å². The van der Waals surface area contributed by atoms with Crippen LogP contribution in [0.15, 0.2) is 60.2 Å². The lowest BCUT2D eigenvalue weighted by atomic mass is 10.0. The Morgan fingerprint density at radius 1 is 0.929 bits per heavy atom. The SMILES string of the molecule is Cc1ccc(CC(=O)CNC(=O)CC2=CCN(c3ccc(C)cc3)CC2)cc1. The van der Waals surface area contributed by atoms with Crippen molar-refractivity contribution in [2.24, 2.45) is 0 Å². The van der Waals surface area contributed by atoms with Crippen LogP contribution in [0.5, 0.6) is 0 Å². The van der Waals surface area contributed by atoms with E-state index in [1.807, 2.05) is 31.2 Å². The Morgan fingerprint density at radius 3 is 2.18 bits per heavy atom. The predicted octanol–water partition coefficient (Wildman–Crippen LogP) is 3.76. The van der Waals surface area contributed by atoms with Gasteiger partial charge in [-0.2, -0.15) is 0 Å². The molecule has 1 amide bonds. The minimum atomic E-state index is -0.0766. The molecule has 0 aliphatic carbocycles. The molecule has 3 rings (SSSR count). The Balaban J connectivity index is 1.41. The van der Waals surface area contributed by atoms with Gasteiger partial charge < -0.3 is 10.2 Å². The van der Waals surface area contributed by atoms with Gasteiger partial charge in [0.1, 0.15) is 0 Å².